The first-order valence-electron chi connectivity index (χ1n) is 8.03. The van der Waals surface area contributed by atoms with Crippen molar-refractivity contribution in [1.29, 1.82) is 0 Å². The standard InChI is InChI=1S/C19H24N2O3/c1-14(10-11-22)13-20-19(23)17-8-3-4-9-18(17)21-15-6-5-7-16(12-15)24-2/h3-9,12,14,21-22H,10-11,13H2,1-2H3,(H,20,23). The lowest BCUT2D eigenvalue weighted by Gasteiger charge is -2.15. The van der Waals surface area contributed by atoms with Crippen LogP contribution in [0.4, 0.5) is 11.4 Å². The van der Waals surface area contributed by atoms with Crippen LogP contribution in [0.2, 0.25) is 0 Å². The van der Waals surface area contributed by atoms with Crippen LogP contribution >= 0.6 is 0 Å². The van der Waals surface area contributed by atoms with Crippen molar-refractivity contribution in [2.45, 2.75) is 13.3 Å². The fourth-order valence-corrected chi connectivity index (χ4v) is 2.33. The Morgan fingerprint density at radius 2 is 2.00 bits per heavy atom. The maximum atomic E-state index is 12.4. The number of carbonyl (C=O) groups excluding carboxylic acids is 1. The van der Waals surface area contributed by atoms with Gasteiger partial charge < -0.3 is 20.5 Å². The average molecular weight is 328 g/mol. The van der Waals surface area contributed by atoms with E-state index in [4.69, 9.17) is 9.84 Å². The first-order valence-corrected chi connectivity index (χ1v) is 8.03. The molecule has 2 rings (SSSR count). The van der Waals surface area contributed by atoms with Gasteiger partial charge in [0.25, 0.3) is 5.91 Å². The molecular formula is C19H24N2O3. The molecule has 0 bridgehead atoms. The summed E-state index contributed by atoms with van der Waals surface area (Å²) in [6, 6.07) is 14.9. The van der Waals surface area contributed by atoms with Crippen LogP contribution in [0.1, 0.15) is 23.7 Å². The van der Waals surface area contributed by atoms with Gasteiger partial charge in [0, 0.05) is 24.9 Å². The van der Waals surface area contributed by atoms with Crippen molar-refractivity contribution < 1.29 is 14.6 Å². The van der Waals surface area contributed by atoms with Gasteiger partial charge in [-0.05, 0) is 36.6 Å². The molecular weight excluding hydrogens is 304 g/mol. The molecule has 2 aromatic rings. The van der Waals surface area contributed by atoms with Gasteiger partial charge in [0.2, 0.25) is 0 Å². The second-order valence-corrected chi connectivity index (χ2v) is 5.73. The van der Waals surface area contributed by atoms with Gasteiger partial charge in [-0.1, -0.05) is 25.1 Å². The van der Waals surface area contributed by atoms with Crippen molar-refractivity contribution in [2.75, 3.05) is 25.6 Å². The van der Waals surface area contributed by atoms with E-state index in [9.17, 15) is 4.79 Å². The van der Waals surface area contributed by atoms with Crippen molar-refractivity contribution in [3.8, 4) is 5.75 Å². The maximum absolute atomic E-state index is 12.4. The summed E-state index contributed by atoms with van der Waals surface area (Å²) in [4.78, 5) is 12.4. The number of nitrogens with one attached hydrogen (secondary N) is 2. The lowest BCUT2D eigenvalue weighted by molar-refractivity contribution is 0.0946. The van der Waals surface area contributed by atoms with E-state index in [-0.39, 0.29) is 18.4 Å². The minimum atomic E-state index is -0.134. The van der Waals surface area contributed by atoms with Crippen molar-refractivity contribution in [1.82, 2.24) is 5.32 Å². The fourth-order valence-electron chi connectivity index (χ4n) is 2.33. The summed E-state index contributed by atoms with van der Waals surface area (Å²) in [5.41, 5.74) is 2.16. The van der Waals surface area contributed by atoms with Gasteiger partial charge in [0.1, 0.15) is 5.75 Å². The Kier molecular flexibility index (Phi) is 6.63. The van der Waals surface area contributed by atoms with E-state index in [1.165, 1.54) is 0 Å². The SMILES string of the molecule is COc1cccc(Nc2ccccc2C(=O)NCC(C)CCO)c1. The van der Waals surface area contributed by atoms with Crippen molar-refractivity contribution in [3.63, 3.8) is 0 Å². The molecule has 0 heterocycles. The summed E-state index contributed by atoms with van der Waals surface area (Å²) in [7, 11) is 1.62. The molecule has 2 aromatic carbocycles. The summed E-state index contributed by atoms with van der Waals surface area (Å²) in [6.45, 7) is 2.66. The van der Waals surface area contributed by atoms with Crippen molar-refractivity contribution in [3.05, 3.63) is 54.1 Å². The van der Waals surface area contributed by atoms with Gasteiger partial charge in [-0.2, -0.15) is 0 Å². The van der Waals surface area contributed by atoms with Crippen LogP contribution in [0.15, 0.2) is 48.5 Å². The molecule has 0 saturated carbocycles. The predicted octanol–water partition coefficient (Wildman–Crippen LogP) is 3.19. The van der Waals surface area contributed by atoms with E-state index in [1.54, 1.807) is 13.2 Å². The van der Waals surface area contributed by atoms with E-state index in [1.807, 2.05) is 49.4 Å². The number of carbonyl (C=O) groups is 1. The number of para-hydroxylation sites is 1. The fraction of sp³-hybridized carbons (Fsp3) is 0.316. The predicted molar refractivity (Wildman–Crippen MR) is 95.9 cm³/mol. The topological polar surface area (TPSA) is 70.6 Å². The minimum Gasteiger partial charge on any atom is -0.497 e. The molecule has 1 atom stereocenters. The minimum absolute atomic E-state index is 0.130. The molecule has 0 aliphatic carbocycles. The summed E-state index contributed by atoms with van der Waals surface area (Å²) in [5, 5.41) is 15.1. The molecule has 0 saturated heterocycles. The monoisotopic (exact) mass is 328 g/mol. The highest BCUT2D eigenvalue weighted by Crippen LogP contribution is 2.24. The van der Waals surface area contributed by atoms with Crippen molar-refractivity contribution in [2.24, 2.45) is 5.92 Å². The summed E-state index contributed by atoms with van der Waals surface area (Å²) < 4.78 is 5.22. The third kappa shape index (κ3) is 4.99. The number of amides is 1. The maximum Gasteiger partial charge on any atom is 0.253 e. The van der Waals surface area contributed by atoms with Crippen LogP contribution in [0, 0.1) is 5.92 Å². The highest BCUT2D eigenvalue weighted by molar-refractivity contribution is 6.00. The number of hydrogen-bond donors (Lipinski definition) is 3. The Morgan fingerprint density at radius 1 is 1.21 bits per heavy atom. The normalized spacial score (nSPS) is 11.6. The van der Waals surface area contributed by atoms with Crippen LogP contribution < -0.4 is 15.4 Å². The molecule has 0 aliphatic rings. The zero-order valence-corrected chi connectivity index (χ0v) is 14.1. The Hall–Kier alpha value is -2.53. The van der Waals surface area contributed by atoms with Gasteiger partial charge in [-0.25, -0.2) is 0 Å². The number of rotatable bonds is 8. The average Bonchev–Trinajstić information content (AvgIpc) is 2.60. The van der Waals surface area contributed by atoms with E-state index in [0.29, 0.717) is 18.5 Å². The van der Waals surface area contributed by atoms with Gasteiger partial charge in [0.05, 0.1) is 18.4 Å². The number of aliphatic hydroxyl groups is 1. The quantitative estimate of drug-likeness (QED) is 0.696. The number of anilines is 2. The van der Waals surface area contributed by atoms with Gasteiger partial charge in [-0.15, -0.1) is 0 Å². The molecule has 5 heteroatoms. The molecule has 128 valence electrons. The smallest absolute Gasteiger partial charge is 0.253 e. The van der Waals surface area contributed by atoms with E-state index in [0.717, 1.165) is 17.1 Å². The zero-order chi connectivity index (χ0) is 17.4. The van der Waals surface area contributed by atoms with Gasteiger partial charge in [0.15, 0.2) is 0 Å². The highest BCUT2D eigenvalue weighted by Gasteiger charge is 2.12. The van der Waals surface area contributed by atoms with Gasteiger partial charge >= 0.3 is 0 Å². The van der Waals surface area contributed by atoms with Crippen LogP contribution in [-0.4, -0.2) is 31.3 Å². The van der Waals surface area contributed by atoms with Crippen LogP contribution in [0.5, 0.6) is 5.75 Å². The second-order valence-electron chi connectivity index (χ2n) is 5.73. The molecule has 0 radical (unpaired) electrons. The molecule has 0 aliphatic heterocycles. The van der Waals surface area contributed by atoms with E-state index in [2.05, 4.69) is 10.6 Å². The third-order valence-corrected chi connectivity index (χ3v) is 3.75. The molecule has 1 unspecified atom stereocenters. The zero-order valence-electron chi connectivity index (χ0n) is 14.1. The number of ether oxygens (including phenoxy) is 1. The summed E-state index contributed by atoms with van der Waals surface area (Å²) >= 11 is 0. The Bertz CT molecular complexity index is 673. The lowest BCUT2D eigenvalue weighted by Crippen LogP contribution is -2.29. The summed E-state index contributed by atoms with van der Waals surface area (Å²) in [5.74, 6) is 0.850. The first kappa shape index (κ1) is 17.8. The van der Waals surface area contributed by atoms with E-state index < -0.39 is 0 Å². The molecule has 0 spiro atoms. The molecule has 0 fully saturated rings. The van der Waals surface area contributed by atoms with E-state index >= 15 is 0 Å². The second kappa shape index (κ2) is 8.93. The Balaban J connectivity index is 2.10. The number of aliphatic hydroxyl groups excluding tert-OH is 1. The van der Waals surface area contributed by atoms with Crippen LogP contribution in [-0.2, 0) is 0 Å². The number of benzene rings is 2. The Morgan fingerprint density at radius 3 is 2.75 bits per heavy atom. The first-order chi connectivity index (χ1) is 11.6. The molecule has 3 N–H and O–H groups in total. The molecule has 0 aromatic heterocycles. The molecule has 24 heavy (non-hydrogen) atoms. The Labute approximate surface area is 142 Å². The van der Waals surface area contributed by atoms with Crippen LogP contribution in [0.3, 0.4) is 0 Å². The number of methoxy groups -OCH3 is 1. The summed E-state index contributed by atoms with van der Waals surface area (Å²) in [6.07, 6.45) is 0.671. The van der Waals surface area contributed by atoms with Gasteiger partial charge in [-0.3, -0.25) is 4.79 Å². The third-order valence-electron chi connectivity index (χ3n) is 3.75. The largest absolute Gasteiger partial charge is 0.497 e. The van der Waals surface area contributed by atoms with Crippen molar-refractivity contribution >= 4 is 17.3 Å². The molecule has 1 amide bonds. The highest BCUT2D eigenvalue weighted by atomic mass is 16.5. The lowest BCUT2D eigenvalue weighted by atomic mass is 10.1. The number of hydrogen-bond acceptors (Lipinski definition) is 4. The van der Waals surface area contributed by atoms with Crippen LogP contribution in [0.25, 0.3) is 0 Å². The molecule has 5 nitrogen and oxygen atoms in total.